The van der Waals surface area contributed by atoms with Gasteiger partial charge in [0.25, 0.3) is 0 Å². The molecule has 3 heterocycles. The van der Waals surface area contributed by atoms with E-state index in [0.717, 1.165) is 29.3 Å². The second-order valence-electron chi connectivity index (χ2n) is 5.07. The van der Waals surface area contributed by atoms with E-state index >= 15 is 0 Å². The normalized spacial score (nSPS) is 11.0. The number of rotatable bonds is 5. The third-order valence-electron chi connectivity index (χ3n) is 3.34. The maximum Gasteiger partial charge on any atom is 0.158 e. The first-order valence-electron chi connectivity index (χ1n) is 6.91. The van der Waals surface area contributed by atoms with Gasteiger partial charge in [0.15, 0.2) is 5.82 Å². The molecule has 0 aromatic carbocycles. The van der Waals surface area contributed by atoms with Crippen LogP contribution in [0.3, 0.4) is 0 Å². The van der Waals surface area contributed by atoms with Crippen LogP contribution in [0.15, 0.2) is 29.9 Å². The number of hydrogen-bond acceptors (Lipinski definition) is 5. The van der Waals surface area contributed by atoms with Gasteiger partial charge in [-0.25, -0.2) is 9.67 Å². The van der Waals surface area contributed by atoms with Gasteiger partial charge in [0.1, 0.15) is 0 Å². The van der Waals surface area contributed by atoms with E-state index in [9.17, 15) is 0 Å². The van der Waals surface area contributed by atoms with Crippen LogP contribution in [-0.2, 0) is 13.1 Å². The van der Waals surface area contributed by atoms with E-state index in [1.54, 1.807) is 17.1 Å². The van der Waals surface area contributed by atoms with Crippen molar-refractivity contribution in [2.75, 3.05) is 0 Å². The quantitative estimate of drug-likeness (QED) is 0.778. The first-order valence-corrected chi connectivity index (χ1v) is 8.12. The molecule has 3 aromatic heterocycles. The molecule has 3 rings (SSSR count). The second-order valence-corrected chi connectivity index (χ2v) is 6.13. The number of aryl methyl sites for hydroxylation is 2. The number of nitrogens with zero attached hydrogens (tertiary/aromatic N) is 4. The van der Waals surface area contributed by atoms with Crippen LogP contribution in [0.5, 0.6) is 0 Å². The fraction of sp³-hybridized carbons (Fsp3) is 0.267. The van der Waals surface area contributed by atoms with E-state index in [1.807, 2.05) is 19.9 Å². The van der Waals surface area contributed by atoms with E-state index in [4.69, 9.17) is 11.6 Å². The second kappa shape index (κ2) is 6.56. The Morgan fingerprint density at radius 3 is 2.73 bits per heavy atom. The largest absolute Gasteiger partial charge is 0.308 e. The van der Waals surface area contributed by atoms with Crippen LogP contribution >= 0.6 is 23.1 Å². The lowest BCUT2D eigenvalue weighted by atomic mass is 10.2. The topological polar surface area (TPSA) is 55.6 Å². The molecular weight excluding hydrogens is 318 g/mol. The van der Waals surface area contributed by atoms with Crippen LogP contribution in [-0.4, -0.2) is 19.1 Å². The van der Waals surface area contributed by atoms with Crippen molar-refractivity contribution in [1.29, 1.82) is 0 Å². The Balaban J connectivity index is 1.77. The van der Waals surface area contributed by atoms with Crippen molar-refractivity contribution >= 4 is 23.1 Å². The van der Waals surface area contributed by atoms with Crippen LogP contribution < -0.4 is 5.32 Å². The average Bonchev–Trinajstić information content (AvgIpc) is 3.10. The summed E-state index contributed by atoms with van der Waals surface area (Å²) in [6.45, 7) is 5.48. The van der Waals surface area contributed by atoms with E-state index in [0.29, 0.717) is 11.6 Å². The molecule has 7 heteroatoms. The van der Waals surface area contributed by atoms with Gasteiger partial charge in [-0.15, -0.1) is 0 Å². The highest BCUT2D eigenvalue weighted by Gasteiger charge is 2.09. The van der Waals surface area contributed by atoms with Crippen molar-refractivity contribution in [3.05, 3.63) is 57.4 Å². The summed E-state index contributed by atoms with van der Waals surface area (Å²) >= 11 is 7.45. The summed E-state index contributed by atoms with van der Waals surface area (Å²) in [4.78, 5) is 4.58. The maximum atomic E-state index is 5.96. The van der Waals surface area contributed by atoms with Gasteiger partial charge in [-0.2, -0.15) is 9.47 Å². The van der Waals surface area contributed by atoms with Gasteiger partial charge in [-0.3, -0.25) is 0 Å². The zero-order valence-electron chi connectivity index (χ0n) is 12.4. The predicted octanol–water partition coefficient (Wildman–Crippen LogP) is 3.28. The first kappa shape index (κ1) is 15.1. The van der Waals surface area contributed by atoms with Crippen molar-refractivity contribution < 1.29 is 0 Å². The highest BCUT2D eigenvalue weighted by Crippen LogP contribution is 2.16. The zero-order valence-corrected chi connectivity index (χ0v) is 13.9. The van der Waals surface area contributed by atoms with Crippen LogP contribution in [0.2, 0.25) is 5.02 Å². The molecular formula is C15H16ClN5S. The highest BCUT2D eigenvalue weighted by atomic mass is 35.5. The van der Waals surface area contributed by atoms with Crippen LogP contribution in [0.25, 0.3) is 5.82 Å². The van der Waals surface area contributed by atoms with E-state index < -0.39 is 0 Å². The Bertz CT molecular complexity index is 780. The van der Waals surface area contributed by atoms with Gasteiger partial charge >= 0.3 is 0 Å². The van der Waals surface area contributed by atoms with Gasteiger partial charge in [0, 0.05) is 29.7 Å². The van der Waals surface area contributed by atoms with Crippen molar-refractivity contribution in [3.8, 4) is 5.82 Å². The van der Waals surface area contributed by atoms with E-state index in [2.05, 4.69) is 31.2 Å². The number of nitrogens with one attached hydrogen (secondary N) is 1. The minimum absolute atomic E-state index is 0.599. The highest BCUT2D eigenvalue weighted by molar-refractivity contribution is 7.03. The Hall–Kier alpha value is -1.76. The van der Waals surface area contributed by atoms with Crippen molar-refractivity contribution in [2.24, 2.45) is 0 Å². The minimum Gasteiger partial charge on any atom is -0.308 e. The molecule has 0 saturated heterocycles. The molecule has 114 valence electrons. The molecule has 1 N–H and O–H groups in total. The molecule has 0 unspecified atom stereocenters. The molecule has 0 bridgehead atoms. The molecule has 3 aromatic rings. The number of aromatic nitrogens is 4. The zero-order chi connectivity index (χ0) is 15.5. The van der Waals surface area contributed by atoms with Gasteiger partial charge in [0.2, 0.25) is 0 Å². The Kier molecular flexibility index (Phi) is 4.52. The maximum absolute atomic E-state index is 5.96. The number of pyridine rings is 1. The minimum atomic E-state index is 0.599. The van der Waals surface area contributed by atoms with Gasteiger partial charge in [0.05, 0.1) is 23.1 Å². The molecule has 0 aliphatic rings. The molecule has 0 spiro atoms. The molecule has 22 heavy (non-hydrogen) atoms. The SMILES string of the molecule is Cc1ccc(CNCc2csnc2C)c(-n2cc(Cl)cn2)n1. The third-order valence-corrected chi connectivity index (χ3v) is 4.31. The summed E-state index contributed by atoms with van der Waals surface area (Å²) < 4.78 is 5.99. The van der Waals surface area contributed by atoms with Crippen molar-refractivity contribution in [1.82, 2.24) is 24.5 Å². The molecule has 0 amide bonds. The summed E-state index contributed by atoms with van der Waals surface area (Å²) in [5.41, 5.74) is 4.34. The molecule has 0 radical (unpaired) electrons. The van der Waals surface area contributed by atoms with E-state index in [-0.39, 0.29) is 0 Å². The number of halogens is 1. The third kappa shape index (κ3) is 3.35. The lowest BCUT2D eigenvalue weighted by Gasteiger charge is -2.10. The van der Waals surface area contributed by atoms with Gasteiger partial charge in [-0.05, 0) is 37.0 Å². The summed E-state index contributed by atoms with van der Waals surface area (Å²) in [6.07, 6.45) is 3.38. The molecule has 0 fully saturated rings. The fourth-order valence-corrected chi connectivity index (χ4v) is 2.98. The van der Waals surface area contributed by atoms with Crippen LogP contribution in [0.1, 0.15) is 22.5 Å². The van der Waals surface area contributed by atoms with Crippen LogP contribution in [0, 0.1) is 13.8 Å². The Morgan fingerprint density at radius 1 is 1.23 bits per heavy atom. The fourth-order valence-electron chi connectivity index (χ4n) is 2.14. The lowest BCUT2D eigenvalue weighted by molar-refractivity contribution is 0.678. The molecule has 0 atom stereocenters. The Labute approximate surface area is 138 Å². The standard InChI is InChI=1S/C15H16ClN5S/c1-10-3-4-12(5-17-6-13-9-22-20-11(13)2)15(19-10)21-8-14(16)7-18-21/h3-4,7-9,17H,5-6H2,1-2H3. The molecule has 0 aliphatic carbocycles. The van der Waals surface area contributed by atoms with Gasteiger partial charge < -0.3 is 5.32 Å². The average molecular weight is 334 g/mol. The summed E-state index contributed by atoms with van der Waals surface area (Å²) in [7, 11) is 0. The summed E-state index contributed by atoms with van der Waals surface area (Å²) in [5, 5.41) is 10.4. The monoisotopic (exact) mass is 333 g/mol. The molecule has 5 nitrogen and oxygen atoms in total. The van der Waals surface area contributed by atoms with E-state index in [1.165, 1.54) is 17.1 Å². The Morgan fingerprint density at radius 2 is 2.05 bits per heavy atom. The summed E-state index contributed by atoms with van der Waals surface area (Å²) in [5.74, 6) is 0.805. The summed E-state index contributed by atoms with van der Waals surface area (Å²) in [6, 6.07) is 4.07. The van der Waals surface area contributed by atoms with Gasteiger partial charge in [-0.1, -0.05) is 17.7 Å². The van der Waals surface area contributed by atoms with Crippen LogP contribution in [0.4, 0.5) is 0 Å². The predicted molar refractivity (Wildman–Crippen MR) is 88.5 cm³/mol. The first-order chi connectivity index (χ1) is 10.6. The number of hydrogen-bond donors (Lipinski definition) is 1. The van der Waals surface area contributed by atoms with Crippen molar-refractivity contribution in [3.63, 3.8) is 0 Å². The molecule has 0 saturated carbocycles. The molecule has 0 aliphatic heterocycles. The van der Waals surface area contributed by atoms with Crippen molar-refractivity contribution in [2.45, 2.75) is 26.9 Å². The smallest absolute Gasteiger partial charge is 0.158 e. The lowest BCUT2D eigenvalue weighted by Crippen LogP contribution is -2.16.